The van der Waals surface area contributed by atoms with E-state index in [4.69, 9.17) is 0 Å². The molecule has 0 bridgehead atoms. The number of rotatable bonds is 5. The fourth-order valence-corrected chi connectivity index (χ4v) is 4.57. The molecule has 0 aromatic carbocycles. The minimum Gasteiger partial charge on any atom is -0.337 e. The molecule has 23 heavy (non-hydrogen) atoms. The summed E-state index contributed by atoms with van der Waals surface area (Å²) in [5, 5.41) is 11.0. The molecule has 0 saturated heterocycles. The van der Waals surface area contributed by atoms with E-state index in [-0.39, 0.29) is 11.2 Å². The van der Waals surface area contributed by atoms with Crippen LogP contribution in [0.15, 0.2) is 29.3 Å². The van der Waals surface area contributed by atoms with Gasteiger partial charge >= 0.3 is 0 Å². The van der Waals surface area contributed by atoms with Gasteiger partial charge in [0.05, 0.1) is 5.25 Å². The Labute approximate surface area is 144 Å². The fourth-order valence-electron chi connectivity index (χ4n) is 2.69. The Morgan fingerprint density at radius 1 is 1.57 bits per heavy atom. The molecule has 1 aliphatic rings. The molecule has 0 N–H and O–H groups in total. The number of hydrogen-bond donors (Lipinski definition) is 0. The average Bonchev–Trinajstić information content (AvgIpc) is 3.15. The predicted octanol–water partition coefficient (Wildman–Crippen LogP) is 2.90. The second-order valence-corrected chi connectivity index (χ2v) is 7.88. The van der Waals surface area contributed by atoms with Crippen LogP contribution in [0.1, 0.15) is 23.2 Å². The number of nitrogens with zero attached hydrogens (tertiary/aromatic N) is 4. The second-order valence-electron chi connectivity index (χ2n) is 5.57. The summed E-state index contributed by atoms with van der Waals surface area (Å²) in [7, 11) is 0. The third-order valence-electron chi connectivity index (χ3n) is 3.96. The van der Waals surface area contributed by atoms with Crippen LogP contribution in [-0.2, 0) is 24.3 Å². The van der Waals surface area contributed by atoms with E-state index >= 15 is 0 Å². The molecule has 0 spiro atoms. The first-order valence-corrected chi connectivity index (χ1v) is 9.37. The van der Waals surface area contributed by atoms with Crippen LogP contribution in [0.3, 0.4) is 0 Å². The Morgan fingerprint density at radius 2 is 2.39 bits per heavy atom. The Bertz CT molecular complexity index is 721. The normalized spacial score (nSPS) is 15.3. The zero-order chi connectivity index (χ0) is 16.4. The van der Waals surface area contributed by atoms with Crippen molar-refractivity contribution < 1.29 is 4.79 Å². The average molecular weight is 348 g/mol. The predicted molar refractivity (Wildman–Crippen MR) is 93.7 cm³/mol. The first-order valence-electron chi connectivity index (χ1n) is 7.61. The maximum Gasteiger partial charge on any atom is 0.236 e. The van der Waals surface area contributed by atoms with Gasteiger partial charge in [0.2, 0.25) is 5.91 Å². The molecule has 0 radical (unpaired) electrons. The first kappa shape index (κ1) is 16.3. The highest BCUT2D eigenvalue weighted by molar-refractivity contribution is 8.00. The molecule has 1 atom stereocenters. The van der Waals surface area contributed by atoms with Crippen molar-refractivity contribution in [2.45, 2.75) is 43.8 Å². The van der Waals surface area contributed by atoms with Crippen molar-refractivity contribution in [3.05, 3.63) is 40.4 Å². The largest absolute Gasteiger partial charge is 0.337 e. The summed E-state index contributed by atoms with van der Waals surface area (Å²) >= 11 is 3.26. The number of hydrogen-bond acceptors (Lipinski definition) is 5. The maximum atomic E-state index is 12.7. The zero-order valence-electron chi connectivity index (χ0n) is 13.4. The summed E-state index contributed by atoms with van der Waals surface area (Å²) in [4.78, 5) is 16.1. The van der Waals surface area contributed by atoms with E-state index in [9.17, 15) is 4.79 Å². The van der Waals surface area contributed by atoms with Crippen molar-refractivity contribution in [2.75, 3.05) is 6.54 Å². The molecule has 1 amide bonds. The smallest absolute Gasteiger partial charge is 0.236 e. The second kappa shape index (κ2) is 6.88. The topological polar surface area (TPSA) is 51.0 Å². The number of allylic oxidation sites excluding steroid dienone is 1. The van der Waals surface area contributed by atoms with Crippen LogP contribution in [0.25, 0.3) is 0 Å². The van der Waals surface area contributed by atoms with E-state index in [1.165, 1.54) is 22.2 Å². The Hall–Kier alpha value is -1.60. The molecule has 5 nitrogen and oxygen atoms in total. The summed E-state index contributed by atoms with van der Waals surface area (Å²) in [6.45, 7) is 9.80. The van der Waals surface area contributed by atoms with Crippen molar-refractivity contribution in [3.63, 3.8) is 0 Å². The number of carbonyl (C=O) groups excluding carboxylic acids is 1. The van der Waals surface area contributed by atoms with Crippen molar-refractivity contribution >= 4 is 29.0 Å². The number of fused-ring (bicyclic) bond motifs is 1. The number of carbonyl (C=O) groups is 1. The molecule has 122 valence electrons. The van der Waals surface area contributed by atoms with Gasteiger partial charge < -0.3 is 9.47 Å². The molecule has 1 unspecified atom stereocenters. The lowest BCUT2D eigenvalue weighted by Crippen LogP contribution is -2.39. The van der Waals surface area contributed by atoms with E-state index in [0.717, 1.165) is 30.5 Å². The van der Waals surface area contributed by atoms with Crippen molar-refractivity contribution in [2.24, 2.45) is 0 Å². The molecule has 7 heteroatoms. The van der Waals surface area contributed by atoms with Crippen LogP contribution in [0, 0.1) is 6.92 Å². The van der Waals surface area contributed by atoms with Crippen LogP contribution in [0.5, 0.6) is 0 Å². The molecule has 1 aliphatic heterocycles. The number of aromatic nitrogens is 3. The molecular formula is C16H20N4OS2. The van der Waals surface area contributed by atoms with Gasteiger partial charge in [0.15, 0.2) is 5.16 Å². The first-order chi connectivity index (χ1) is 11.1. The molecule has 3 rings (SSSR count). The minimum atomic E-state index is -0.178. The Balaban J connectivity index is 1.68. The lowest BCUT2D eigenvalue weighted by atomic mass is 10.1. The van der Waals surface area contributed by atoms with E-state index < -0.39 is 0 Å². The highest BCUT2D eigenvalue weighted by atomic mass is 32.2. The van der Waals surface area contributed by atoms with Gasteiger partial charge in [0, 0.05) is 24.5 Å². The summed E-state index contributed by atoms with van der Waals surface area (Å²) in [5.74, 6) is 1.01. The highest BCUT2D eigenvalue weighted by Crippen LogP contribution is 2.28. The SMILES string of the molecule is C=CCn1c(C)nnc1SC(C)C(=O)N1CCc2sccc2C1. The standard InChI is InChI=1S/C16H20N4OS2/c1-4-7-20-12(3)17-18-16(20)23-11(2)15(21)19-8-5-14-13(10-19)6-9-22-14/h4,6,9,11H,1,5,7-8,10H2,2-3H3. The van der Waals surface area contributed by atoms with Gasteiger partial charge in [-0.3, -0.25) is 4.79 Å². The number of thiophene rings is 1. The third-order valence-corrected chi connectivity index (χ3v) is 6.05. The molecule has 3 heterocycles. The summed E-state index contributed by atoms with van der Waals surface area (Å²) in [6, 6.07) is 2.13. The van der Waals surface area contributed by atoms with Crippen LogP contribution in [-0.4, -0.2) is 37.4 Å². The van der Waals surface area contributed by atoms with Gasteiger partial charge in [0.25, 0.3) is 0 Å². The van der Waals surface area contributed by atoms with Crippen LogP contribution >= 0.6 is 23.1 Å². The maximum absolute atomic E-state index is 12.7. The quantitative estimate of drug-likeness (QED) is 0.616. The van der Waals surface area contributed by atoms with E-state index in [2.05, 4.69) is 28.2 Å². The summed E-state index contributed by atoms with van der Waals surface area (Å²) in [5.41, 5.74) is 1.29. The number of aryl methyl sites for hydroxylation is 1. The number of amides is 1. The summed E-state index contributed by atoms with van der Waals surface area (Å²) < 4.78 is 1.98. The fraction of sp³-hybridized carbons (Fsp3) is 0.438. The van der Waals surface area contributed by atoms with E-state index in [1.807, 2.05) is 29.4 Å². The molecule has 2 aromatic rings. The third kappa shape index (κ3) is 3.35. The number of thioether (sulfide) groups is 1. The zero-order valence-corrected chi connectivity index (χ0v) is 15.0. The van der Waals surface area contributed by atoms with Gasteiger partial charge in [-0.2, -0.15) is 0 Å². The lowest BCUT2D eigenvalue weighted by Gasteiger charge is -2.29. The highest BCUT2D eigenvalue weighted by Gasteiger charge is 2.27. The van der Waals surface area contributed by atoms with Crippen molar-refractivity contribution in [1.29, 1.82) is 0 Å². The summed E-state index contributed by atoms with van der Waals surface area (Å²) in [6.07, 6.45) is 2.78. The van der Waals surface area contributed by atoms with E-state index in [0.29, 0.717) is 6.54 Å². The molecule has 0 aliphatic carbocycles. The molecule has 0 saturated carbocycles. The van der Waals surface area contributed by atoms with Gasteiger partial charge in [0.1, 0.15) is 5.82 Å². The van der Waals surface area contributed by atoms with Crippen molar-refractivity contribution in [1.82, 2.24) is 19.7 Å². The van der Waals surface area contributed by atoms with Gasteiger partial charge in [-0.1, -0.05) is 17.8 Å². The minimum absolute atomic E-state index is 0.164. The monoisotopic (exact) mass is 348 g/mol. The molecule has 2 aromatic heterocycles. The van der Waals surface area contributed by atoms with Gasteiger partial charge in [-0.05, 0) is 37.3 Å². The van der Waals surface area contributed by atoms with Crippen LogP contribution in [0.2, 0.25) is 0 Å². The Kier molecular flexibility index (Phi) is 4.87. The molecular weight excluding hydrogens is 328 g/mol. The van der Waals surface area contributed by atoms with Crippen molar-refractivity contribution in [3.8, 4) is 0 Å². The van der Waals surface area contributed by atoms with E-state index in [1.54, 1.807) is 11.3 Å². The lowest BCUT2D eigenvalue weighted by molar-refractivity contribution is -0.131. The van der Waals surface area contributed by atoms with Crippen LogP contribution < -0.4 is 0 Å². The Morgan fingerprint density at radius 3 is 3.17 bits per heavy atom. The molecule has 0 fully saturated rings. The van der Waals surface area contributed by atoms with Gasteiger partial charge in [-0.15, -0.1) is 28.1 Å². The van der Waals surface area contributed by atoms with Crippen LogP contribution in [0.4, 0.5) is 0 Å². The van der Waals surface area contributed by atoms with Gasteiger partial charge in [-0.25, -0.2) is 0 Å².